The van der Waals surface area contributed by atoms with Gasteiger partial charge in [0.15, 0.2) is 0 Å². The van der Waals surface area contributed by atoms with E-state index in [4.69, 9.17) is 4.74 Å². The monoisotopic (exact) mass is 309 g/mol. The van der Waals surface area contributed by atoms with Crippen molar-refractivity contribution in [3.05, 3.63) is 21.3 Å². The molecule has 0 amide bonds. The van der Waals surface area contributed by atoms with E-state index in [1.807, 2.05) is 12.1 Å². The lowest BCUT2D eigenvalue weighted by Gasteiger charge is -2.05. The van der Waals surface area contributed by atoms with Crippen LogP contribution in [0.5, 0.6) is 0 Å². The van der Waals surface area contributed by atoms with Gasteiger partial charge < -0.3 is 9.30 Å². The Labute approximate surface area is 93.3 Å². The SMILES string of the molecule is CCOC(=O)Cn1c(Br)ccc1Br. The number of halogens is 2. The zero-order valence-corrected chi connectivity index (χ0v) is 10.3. The van der Waals surface area contributed by atoms with Crippen LogP contribution in [-0.4, -0.2) is 17.1 Å². The van der Waals surface area contributed by atoms with Crippen LogP contribution in [0.3, 0.4) is 0 Å². The van der Waals surface area contributed by atoms with E-state index in [0.717, 1.165) is 9.21 Å². The van der Waals surface area contributed by atoms with Crippen molar-refractivity contribution in [3.63, 3.8) is 0 Å². The molecule has 0 bridgehead atoms. The number of carbonyl (C=O) groups is 1. The fourth-order valence-corrected chi connectivity index (χ4v) is 2.04. The first-order valence-corrected chi connectivity index (χ1v) is 5.40. The van der Waals surface area contributed by atoms with Crippen LogP contribution in [-0.2, 0) is 16.1 Å². The average molecular weight is 311 g/mol. The Bertz CT molecular complexity index is 290. The lowest BCUT2D eigenvalue weighted by Crippen LogP contribution is -2.13. The minimum absolute atomic E-state index is 0.224. The number of rotatable bonds is 3. The number of carbonyl (C=O) groups excluding carboxylic acids is 1. The molecule has 3 nitrogen and oxygen atoms in total. The summed E-state index contributed by atoms with van der Waals surface area (Å²) >= 11 is 6.64. The predicted molar refractivity (Wildman–Crippen MR) is 56.5 cm³/mol. The first kappa shape index (κ1) is 10.8. The van der Waals surface area contributed by atoms with Crippen LogP contribution in [0.25, 0.3) is 0 Å². The van der Waals surface area contributed by atoms with Crippen LogP contribution < -0.4 is 0 Å². The van der Waals surface area contributed by atoms with Crippen LogP contribution in [0.2, 0.25) is 0 Å². The Balaban J connectivity index is 2.68. The first-order valence-electron chi connectivity index (χ1n) is 3.81. The molecule has 13 heavy (non-hydrogen) atoms. The van der Waals surface area contributed by atoms with Gasteiger partial charge in [-0.3, -0.25) is 4.79 Å². The van der Waals surface area contributed by atoms with Gasteiger partial charge in [0, 0.05) is 0 Å². The average Bonchev–Trinajstić information content (AvgIpc) is 2.36. The topological polar surface area (TPSA) is 31.2 Å². The van der Waals surface area contributed by atoms with Gasteiger partial charge in [-0.15, -0.1) is 0 Å². The van der Waals surface area contributed by atoms with E-state index in [1.54, 1.807) is 11.5 Å². The molecule has 0 aliphatic rings. The summed E-state index contributed by atoms with van der Waals surface area (Å²) in [5, 5.41) is 0. The third-order valence-electron chi connectivity index (χ3n) is 1.47. The molecule has 0 unspecified atom stereocenters. The number of ether oxygens (including phenoxy) is 1. The van der Waals surface area contributed by atoms with Gasteiger partial charge in [-0.2, -0.15) is 0 Å². The van der Waals surface area contributed by atoms with Crippen LogP contribution in [0.4, 0.5) is 0 Å². The van der Waals surface area contributed by atoms with Crippen LogP contribution in [0.15, 0.2) is 21.3 Å². The van der Waals surface area contributed by atoms with E-state index in [0.29, 0.717) is 6.61 Å². The van der Waals surface area contributed by atoms with Crippen LogP contribution >= 0.6 is 31.9 Å². The molecule has 0 aromatic carbocycles. The summed E-state index contributed by atoms with van der Waals surface area (Å²) in [6, 6.07) is 3.73. The number of aromatic nitrogens is 1. The molecule has 0 radical (unpaired) electrons. The number of hydrogen-bond donors (Lipinski definition) is 0. The predicted octanol–water partition coefficient (Wildman–Crippen LogP) is 2.58. The maximum Gasteiger partial charge on any atom is 0.326 e. The fraction of sp³-hybridized carbons (Fsp3) is 0.375. The Morgan fingerprint density at radius 2 is 2.00 bits per heavy atom. The highest BCUT2D eigenvalue weighted by molar-refractivity contribution is 9.11. The maximum atomic E-state index is 11.1. The van der Waals surface area contributed by atoms with Gasteiger partial charge in [0.25, 0.3) is 0 Å². The molecule has 1 heterocycles. The molecule has 0 saturated heterocycles. The second-order valence-corrected chi connectivity index (χ2v) is 3.99. The zero-order chi connectivity index (χ0) is 9.84. The van der Waals surface area contributed by atoms with Gasteiger partial charge in [-0.1, -0.05) is 0 Å². The third-order valence-corrected chi connectivity index (χ3v) is 2.85. The van der Waals surface area contributed by atoms with Crippen molar-refractivity contribution in [1.82, 2.24) is 4.57 Å². The van der Waals surface area contributed by atoms with Gasteiger partial charge in [0.05, 0.1) is 15.8 Å². The smallest absolute Gasteiger partial charge is 0.326 e. The fourth-order valence-electron chi connectivity index (χ4n) is 0.906. The molecule has 0 atom stereocenters. The molecular formula is C8H9Br2NO2. The van der Waals surface area contributed by atoms with Crippen molar-refractivity contribution >= 4 is 37.8 Å². The lowest BCUT2D eigenvalue weighted by molar-refractivity contribution is -0.143. The summed E-state index contributed by atoms with van der Waals surface area (Å²) < 4.78 is 8.31. The van der Waals surface area contributed by atoms with Crippen molar-refractivity contribution in [2.24, 2.45) is 0 Å². The second-order valence-electron chi connectivity index (χ2n) is 2.37. The molecule has 1 aromatic heterocycles. The Morgan fingerprint density at radius 3 is 2.46 bits per heavy atom. The quantitative estimate of drug-likeness (QED) is 0.804. The van der Waals surface area contributed by atoms with Crippen LogP contribution in [0, 0.1) is 0 Å². The van der Waals surface area contributed by atoms with Crippen molar-refractivity contribution in [1.29, 1.82) is 0 Å². The molecule has 0 aliphatic heterocycles. The molecule has 5 heteroatoms. The van der Waals surface area contributed by atoms with Gasteiger partial charge in [0.1, 0.15) is 6.54 Å². The first-order chi connectivity index (χ1) is 6.15. The highest BCUT2D eigenvalue weighted by atomic mass is 79.9. The van der Waals surface area contributed by atoms with E-state index in [-0.39, 0.29) is 12.5 Å². The molecule has 1 rings (SSSR count). The molecule has 0 saturated carbocycles. The number of nitrogens with zero attached hydrogens (tertiary/aromatic N) is 1. The minimum Gasteiger partial charge on any atom is -0.465 e. The second kappa shape index (κ2) is 4.81. The van der Waals surface area contributed by atoms with Gasteiger partial charge >= 0.3 is 5.97 Å². The Morgan fingerprint density at radius 1 is 1.46 bits per heavy atom. The van der Waals surface area contributed by atoms with E-state index < -0.39 is 0 Å². The number of hydrogen-bond acceptors (Lipinski definition) is 2. The molecule has 72 valence electrons. The van der Waals surface area contributed by atoms with Crippen molar-refractivity contribution in [3.8, 4) is 0 Å². The summed E-state index contributed by atoms with van der Waals surface area (Å²) in [5.74, 6) is -0.236. The highest BCUT2D eigenvalue weighted by Gasteiger charge is 2.08. The van der Waals surface area contributed by atoms with E-state index >= 15 is 0 Å². The molecular weight excluding hydrogens is 302 g/mol. The lowest BCUT2D eigenvalue weighted by atomic mass is 10.6. The molecule has 0 aliphatic carbocycles. The van der Waals surface area contributed by atoms with E-state index in [2.05, 4.69) is 31.9 Å². The Kier molecular flexibility index (Phi) is 3.99. The normalized spacial score (nSPS) is 10.1. The molecule has 0 spiro atoms. The molecule has 0 fully saturated rings. The van der Waals surface area contributed by atoms with E-state index in [9.17, 15) is 4.79 Å². The summed E-state index contributed by atoms with van der Waals surface area (Å²) in [4.78, 5) is 11.1. The Hall–Kier alpha value is -0.290. The third kappa shape index (κ3) is 2.84. The van der Waals surface area contributed by atoms with Crippen molar-refractivity contribution in [2.45, 2.75) is 13.5 Å². The van der Waals surface area contributed by atoms with Gasteiger partial charge in [0.2, 0.25) is 0 Å². The minimum atomic E-state index is -0.236. The largest absolute Gasteiger partial charge is 0.465 e. The standard InChI is InChI=1S/C8H9Br2NO2/c1-2-13-8(12)5-11-6(9)3-4-7(11)10/h3-4H,2,5H2,1H3. The van der Waals surface area contributed by atoms with Gasteiger partial charge in [-0.05, 0) is 50.9 Å². The summed E-state index contributed by atoms with van der Waals surface area (Å²) in [5.41, 5.74) is 0. The van der Waals surface area contributed by atoms with E-state index in [1.165, 1.54) is 0 Å². The van der Waals surface area contributed by atoms with Crippen molar-refractivity contribution in [2.75, 3.05) is 6.61 Å². The van der Waals surface area contributed by atoms with Crippen LogP contribution in [0.1, 0.15) is 6.92 Å². The van der Waals surface area contributed by atoms with Crippen molar-refractivity contribution < 1.29 is 9.53 Å². The zero-order valence-electron chi connectivity index (χ0n) is 7.09. The summed E-state index contributed by atoms with van der Waals surface area (Å²) in [7, 11) is 0. The summed E-state index contributed by atoms with van der Waals surface area (Å²) in [6.07, 6.45) is 0. The molecule has 1 aromatic rings. The summed E-state index contributed by atoms with van der Waals surface area (Å²) in [6.45, 7) is 2.43. The van der Waals surface area contributed by atoms with Gasteiger partial charge in [-0.25, -0.2) is 0 Å². The number of esters is 1. The highest BCUT2D eigenvalue weighted by Crippen LogP contribution is 2.20. The maximum absolute atomic E-state index is 11.1. The molecule has 0 N–H and O–H groups in total.